The molecule has 0 aliphatic carbocycles. The van der Waals surface area contributed by atoms with Crippen LogP contribution in [0.4, 0.5) is 0 Å². The standard InChI is InChI=1S/C22H30N4O4/c1-17-11-13-19(29-17)15-23-25-21(27)9-7-5-3-4-6-8-10-22(28)26-24-16-20-14-12-18(2)30-20/h11-16H,3-10H2,1-2H3,(H,25,27)(H,26,28)/b23-15-,24-16-. The van der Waals surface area contributed by atoms with E-state index in [4.69, 9.17) is 8.83 Å². The van der Waals surface area contributed by atoms with Gasteiger partial charge in [-0.25, -0.2) is 10.9 Å². The maximum Gasteiger partial charge on any atom is 0.240 e. The van der Waals surface area contributed by atoms with Crippen LogP contribution in [0.25, 0.3) is 0 Å². The number of carbonyl (C=O) groups excluding carboxylic acids is 2. The molecular formula is C22H30N4O4. The van der Waals surface area contributed by atoms with Crippen molar-refractivity contribution < 1.29 is 18.4 Å². The number of amides is 2. The fourth-order valence-electron chi connectivity index (χ4n) is 2.77. The van der Waals surface area contributed by atoms with Crippen LogP contribution in [0.15, 0.2) is 43.3 Å². The number of aryl methyl sites for hydroxylation is 2. The number of nitrogens with one attached hydrogen (secondary N) is 2. The van der Waals surface area contributed by atoms with Crippen molar-refractivity contribution in [2.75, 3.05) is 0 Å². The molecule has 0 aliphatic heterocycles. The van der Waals surface area contributed by atoms with Crippen molar-refractivity contribution >= 4 is 24.2 Å². The molecule has 8 heteroatoms. The zero-order valence-electron chi connectivity index (χ0n) is 17.6. The number of furan rings is 2. The normalized spacial score (nSPS) is 11.4. The van der Waals surface area contributed by atoms with E-state index in [2.05, 4.69) is 21.1 Å². The number of hydrazone groups is 2. The van der Waals surface area contributed by atoms with Crippen LogP contribution in [-0.4, -0.2) is 24.2 Å². The Bertz CT molecular complexity index is 781. The van der Waals surface area contributed by atoms with Crippen LogP contribution in [0, 0.1) is 13.8 Å². The summed E-state index contributed by atoms with van der Waals surface area (Å²) >= 11 is 0. The summed E-state index contributed by atoms with van der Waals surface area (Å²) in [5.41, 5.74) is 5.00. The summed E-state index contributed by atoms with van der Waals surface area (Å²) in [6, 6.07) is 7.27. The number of unbranched alkanes of at least 4 members (excludes halogenated alkanes) is 5. The minimum Gasteiger partial charge on any atom is -0.460 e. The molecule has 2 N–H and O–H groups in total. The Labute approximate surface area is 176 Å². The van der Waals surface area contributed by atoms with Crippen LogP contribution >= 0.6 is 0 Å². The van der Waals surface area contributed by atoms with Gasteiger partial charge in [0.05, 0.1) is 12.4 Å². The molecule has 30 heavy (non-hydrogen) atoms. The summed E-state index contributed by atoms with van der Waals surface area (Å²) < 4.78 is 10.7. The molecule has 0 aromatic carbocycles. The minimum absolute atomic E-state index is 0.100. The van der Waals surface area contributed by atoms with Crippen LogP contribution in [0.2, 0.25) is 0 Å². The van der Waals surface area contributed by atoms with Crippen molar-refractivity contribution in [2.24, 2.45) is 10.2 Å². The Morgan fingerprint density at radius 2 is 1.13 bits per heavy atom. The molecule has 0 unspecified atom stereocenters. The second-order valence-corrected chi connectivity index (χ2v) is 7.10. The van der Waals surface area contributed by atoms with E-state index in [0.717, 1.165) is 50.0 Å². The lowest BCUT2D eigenvalue weighted by Crippen LogP contribution is -2.17. The fourth-order valence-corrected chi connectivity index (χ4v) is 2.77. The minimum atomic E-state index is -0.100. The quantitative estimate of drug-likeness (QED) is 0.291. The highest BCUT2D eigenvalue weighted by Crippen LogP contribution is 2.09. The van der Waals surface area contributed by atoms with Gasteiger partial charge in [-0.15, -0.1) is 0 Å². The zero-order chi connectivity index (χ0) is 21.6. The summed E-state index contributed by atoms with van der Waals surface area (Å²) in [5.74, 6) is 2.63. The average Bonchev–Trinajstić information content (AvgIpc) is 3.31. The molecule has 0 aliphatic rings. The highest BCUT2D eigenvalue weighted by molar-refractivity contribution is 5.80. The Hall–Kier alpha value is -3.16. The van der Waals surface area contributed by atoms with E-state index in [-0.39, 0.29) is 11.8 Å². The lowest BCUT2D eigenvalue weighted by molar-refractivity contribution is -0.122. The molecule has 2 heterocycles. The van der Waals surface area contributed by atoms with Crippen LogP contribution in [0.1, 0.15) is 74.4 Å². The molecule has 0 spiro atoms. The van der Waals surface area contributed by atoms with E-state index in [0.29, 0.717) is 24.4 Å². The number of hydrogen-bond donors (Lipinski definition) is 2. The number of hydrogen-bond acceptors (Lipinski definition) is 6. The average molecular weight is 415 g/mol. The van der Waals surface area contributed by atoms with Gasteiger partial charge in [-0.1, -0.05) is 25.7 Å². The van der Waals surface area contributed by atoms with Crippen molar-refractivity contribution in [3.8, 4) is 0 Å². The Morgan fingerprint density at radius 1 is 0.733 bits per heavy atom. The molecule has 8 nitrogen and oxygen atoms in total. The van der Waals surface area contributed by atoms with E-state index in [9.17, 15) is 9.59 Å². The second-order valence-electron chi connectivity index (χ2n) is 7.10. The number of rotatable bonds is 13. The van der Waals surface area contributed by atoms with Gasteiger partial charge in [0.25, 0.3) is 0 Å². The maximum atomic E-state index is 11.7. The maximum absolute atomic E-state index is 11.7. The van der Waals surface area contributed by atoms with Gasteiger partial charge in [0.2, 0.25) is 11.8 Å². The summed E-state index contributed by atoms with van der Waals surface area (Å²) in [6.07, 6.45) is 9.56. The molecule has 0 saturated heterocycles. The van der Waals surface area contributed by atoms with E-state index in [1.54, 1.807) is 12.1 Å². The molecule has 2 aromatic rings. The van der Waals surface area contributed by atoms with Crippen molar-refractivity contribution in [3.05, 3.63) is 47.3 Å². The van der Waals surface area contributed by atoms with E-state index in [1.807, 2.05) is 26.0 Å². The van der Waals surface area contributed by atoms with Gasteiger partial charge >= 0.3 is 0 Å². The molecular weight excluding hydrogens is 384 g/mol. The van der Waals surface area contributed by atoms with Gasteiger partial charge < -0.3 is 8.83 Å². The summed E-state index contributed by atoms with van der Waals surface area (Å²) in [7, 11) is 0. The van der Waals surface area contributed by atoms with E-state index < -0.39 is 0 Å². The van der Waals surface area contributed by atoms with Crippen LogP contribution < -0.4 is 10.9 Å². The predicted octanol–water partition coefficient (Wildman–Crippen LogP) is 4.21. The third kappa shape index (κ3) is 9.86. The molecule has 162 valence electrons. The molecule has 0 radical (unpaired) electrons. The van der Waals surface area contributed by atoms with Gasteiger partial charge in [-0.2, -0.15) is 10.2 Å². The first-order valence-corrected chi connectivity index (χ1v) is 10.3. The fraction of sp³-hybridized carbons (Fsp3) is 0.455. The first-order chi connectivity index (χ1) is 14.5. The van der Waals surface area contributed by atoms with Gasteiger partial charge in [-0.05, 0) is 51.0 Å². The molecule has 0 saturated carbocycles. The van der Waals surface area contributed by atoms with Crippen molar-refractivity contribution in [3.63, 3.8) is 0 Å². The number of carbonyl (C=O) groups is 2. The van der Waals surface area contributed by atoms with Gasteiger partial charge in [0.15, 0.2) is 0 Å². The first kappa shape index (κ1) is 23.1. The largest absolute Gasteiger partial charge is 0.460 e. The van der Waals surface area contributed by atoms with E-state index >= 15 is 0 Å². The van der Waals surface area contributed by atoms with Crippen molar-refractivity contribution in [1.29, 1.82) is 0 Å². The third-order valence-electron chi connectivity index (χ3n) is 4.34. The second kappa shape index (κ2) is 13.1. The van der Waals surface area contributed by atoms with Crippen molar-refractivity contribution in [1.82, 2.24) is 10.9 Å². The topological polar surface area (TPSA) is 109 Å². The lowest BCUT2D eigenvalue weighted by Gasteiger charge is -2.02. The Kier molecular flexibility index (Phi) is 10.1. The lowest BCUT2D eigenvalue weighted by atomic mass is 10.1. The van der Waals surface area contributed by atoms with Crippen LogP contribution in [-0.2, 0) is 9.59 Å². The van der Waals surface area contributed by atoms with Gasteiger partial charge in [-0.3, -0.25) is 9.59 Å². The summed E-state index contributed by atoms with van der Waals surface area (Å²) in [5, 5.41) is 7.76. The monoisotopic (exact) mass is 414 g/mol. The smallest absolute Gasteiger partial charge is 0.240 e. The molecule has 2 amide bonds. The molecule has 0 fully saturated rings. The van der Waals surface area contributed by atoms with Crippen molar-refractivity contribution in [2.45, 2.75) is 65.2 Å². The van der Waals surface area contributed by atoms with Crippen LogP contribution in [0.5, 0.6) is 0 Å². The zero-order valence-corrected chi connectivity index (χ0v) is 17.6. The molecule has 2 rings (SSSR count). The molecule has 0 atom stereocenters. The van der Waals surface area contributed by atoms with Crippen LogP contribution in [0.3, 0.4) is 0 Å². The first-order valence-electron chi connectivity index (χ1n) is 10.3. The SMILES string of the molecule is Cc1ccc(/C=N\NC(=O)CCCCCCCCC(=O)N/N=C\c2ccc(C)o2)o1. The predicted molar refractivity (Wildman–Crippen MR) is 115 cm³/mol. The highest BCUT2D eigenvalue weighted by Gasteiger charge is 2.02. The highest BCUT2D eigenvalue weighted by atomic mass is 16.3. The number of nitrogens with zero attached hydrogens (tertiary/aromatic N) is 2. The molecule has 2 aromatic heterocycles. The Morgan fingerprint density at radius 3 is 1.50 bits per heavy atom. The summed E-state index contributed by atoms with van der Waals surface area (Å²) in [4.78, 5) is 23.4. The van der Waals surface area contributed by atoms with Gasteiger partial charge in [0, 0.05) is 12.8 Å². The molecule has 0 bridgehead atoms. The third-order valence-corrected chi connectivity index (χ3v) is 4.34. The summed E-state index contributed by atoms with van der Waals surface area (Å²) in [6.45, 7) is 3.70. The van der Waals surface area contributed by atoms with Gasteiger partial charge in [0.1, 0.15) is 23.0 Å². The Balaban J connectivity index is 1.41. The van der Waals surface area contributed by atoms with E-state index in [1.165, 1.54) is 12.4 Å².